The van der Waals surface area contributed by atoms with Gasteiger partial charge in [0.15, 0.2) is 5.65 Å². The van der Waals surface area contributed by atoms with Gasteiger partial charge in [0.25, 0.3) is 5.56 Å². The lowest BCUT2D eigenvalue weighted by Gasteiger charge is -2.17. The SMILES string of the molecule is Cc1ccc(-c2nc(NC(CO)CO)nc3c2ccc(=O)n3-c2ccc(F)cc2F)c(F)c1. The average Bonchev–Trinajstić information content (AvgIpc) is 2.78. The van der Waals surface area contributed by atoms with Crippen LogP contribution in [0.4, 0.5) is 19.1 Å². The largest absolute Gasteiger partial charge is 0.394 e. The number of anilines is 1. The maximum atomic E-state index is 14.9. The first-order valence-electron chi connectivity index (χ1n) is 9.96. The summed E-state index contributed by atoms with van der Waals surface area (Å²) in [7, 11) is 0. The molecule has 0 aliphatic carbocycles. The van der Waals surface area contributed by atoms with Crippen molar-refractivity contribution >= 4 is 17.0 Å². The number of halogens is 3. The Morgan fingerprint density at radius 2 is 1.73 bits per heavy atom. The minimum Gasteiger partial charge on any atom is -0.394 e. The van der Waals surface area contributed by atoms with Gasteiger partial charge in [0, 0.05) is 23.1 Å². The van der Waals surface area contributed by atoms with Gasteiger partial charge in [-0.2, -0.15) is 4.98 Å². The maximum absolute atomic E-state index is 14.9. The number of aryl methyl sites for hydroxylation is 1. The second kappa shape index (κ2) is 9.00. The third-order valence-electron chi connectivity index (χ3n) is 5.05. The fourth-order valence-electron chi connectivity index (χ4n) is 3.42. The summed E-state index contributed by atoms with van der Waals surface area (Å²) in [5.74, 6) is -2.53. The van der Waals surface area contributed by atoms with Gasteiger partial charge in [-0.25, -0.2) is 18.2 Å². The zero-order valence-electron chi connectivity index (χ0n) is 17.4. The zero-order valence-corrected chi connectivity index (χ0v) is 17.4. The van der Waals surface area contributed by atoms with Crippen LogP contribution in [0.1, 0.15) is 5.56 Å². The van der Waals surface area contributed by atoms with Gasteiger partial charge in [-0.1, -0.05) is 6.07 Å². The maximum Gasteiger partial charge on any atom is 0.256 e. The number of nitrogens with one attached hydrogen (secondary N) is 1. The summed E-state index contributed by atoms with van der Waals surface area (Å²) < 4.78 is 43.9. The van der Waals surface area contributed by atoms with Gasteiger partial charge in [-0.3, -0.25) is 9.36 Å². The molecule has 0 spiro atoms. The molecule has 0 saturated heterocycles. The second-order valence-corrected chi connectivity index (χ2v) is 7.43. The zero-order chi connectivity index (χ0) is 23.7. The Balaban J connectivity index is 2.08. The Morgan fingerprint density at radius 3 is 2.39 bits per heavy atom. The number of aromatic nitrogens is 3. The first-order valence-corrected chi connectivity index (χ1v) is 9.96. The summed E-state index contributed by atoms with van der Waals surface area (Å²) in [6, 6.07) is 8.94. The summed E-state index contributed by atoms with van der Waals surface area (Å²) >= 11 is 0. The molecule has 170 valence electrons. The van der Waals surface area contributed by atoms with Gasteiger partial charge in [0.1, 0.15) is 17.5 Å². The molecule has 3 N–H and O–H groups in total. The van der Waals surface area contributed by atoms with Crippen LogP contribution in [0.2, 0.25) is 0 Å². The molecule has 0 amide bonds. The summed E-state index contributed by atoms with van der Waals surface area (Å²) in [5.41, 5.74) is -0.105. The van der Waals surface area contributed by atoms with Crippen LogP contribution in [0.15, 0.2) is 53.3 Å². The highest BCUT2D eigenvalue weighted by atomic mass is 19.1. The molecule has 0 bridgehead atoms. The van der Waals surface area contributed by atoms with Crippen LogP contribution < -0.4 is 10.9 Å². The average molecular weight is 456 g/mol. The number of benzene rings is 2. The van der Waals surface area contributed by atoms with Gasteiger partial charge in [0.2, 0.25) is 5.95 Å². The van der Waals surface area contributed by atoms with Crippen LogP contribution in [-0.4, -0.2) is 44.0 Å². The number of fused-ring (bicyclic) bond motifs is 1. The number of hydrogen-bond acceptors (Lipinski definition) is 6. The molecule has 0 atom stereocenters. The Bertz CT molecular complexity index is 1400. The predicted octanol–water partition coefficient (Wildman–Crippen LogP) is 2.94. The van der Waals surface area contributed by atoms with Crippen LogP contribution in [-0.2, 0) is 0 Å². The van der Waals surface area contributed by atoms with Crippen molar-refractivity contribution in [3.8, 4) is 16.9 Å². The van der Waals surface area contributed by atoms with Crippen molar-refractivity contribution in [1.82, 2.24) is 14.5 Å². The van der Waals surface area contributed by atoms with Crippen molar-refractivity contribution in [2.24, 2.45) is 0 Å². The van der Waals surface area contributed by atoms with Crippen LogP contribution in [0.5, 0.6) is 0 Å². The number of aliphatic hydroxyl groups excluding tert-OH is 2. The van der Waals surface area contributed by atoms with E-state index in [1.807, 2.05) is 0 Å². The van der Waals surface area contributed by atoms with Gasteiger partial charge >= 0.3 is 0 Å². The Kier molecular flexibility index (Phi) is 6.12. The minimum atomic E-state index is -0.996. The van der Waals surface area contributed by atoms with E-state index < -0.39 is 42.3 Å². The molecule has 2 aromatic carbocycles. The normalized spacial score (nSPS) is 11.4. The quantitative estimate of drug-likeness (QED) is 0.413. The van der Waals surface area contributed by atoms with E-state index in [1.165, 1.54) is 18.2 Å². The number of pyridine rings is 1. The van der Waals surface area contributed by atoms with Crippen LogP contribution >= 0.6 is 0 Å². The molecular weight excluding hydrogens is 437 g/mol. The summed E-state index contributed by atoms with van der Waals surface area (Å²) in [6.45, 7) is 0.806. The Labute approximate surface area is 185 Å². The van der Waals surface area contributed by atoms with E-state index in [2.05, 4.69) is 15.3 Å². The lowest BCUT2D eigenvalue weighted by Crippen LogP contribution is -2.29. The highest BCUT2D eigenvalue weighted by Crippen LogP contribution is 2.30. The van der Waals surface area contributed by atoms with E-state index in [0.717, 1.165) is 22.8 Å². The highest BCUT2D eigenvalue weighted by Gasteiger charge is 2.20. The van der Waals surface area contributed by atoms with E-state index in [9.17, 15) is 28.2 Å². The third kappa shape index (κ3) is 4.30. The highest BCUT2D eigenvalue weighted by molar-refractivity contribution is 5.92. The van der Waals surface area contributed by atoms with E-state index in [1.54, 1.807) is 13.0 Å². The smallest absolute Gasteiger partial charge is 0.256 e. The first-order chi connectivity index (χ1) is 15.8. The number of rotatable bonds is 6. The van der Waals surface area contributed by atoms with Gasteiger partial charge < -0.3 is 15.5 Å². The topological polar surface area (TPSA) is 100 Å². The lowest BCUT2D eigenvalue weighted by atomic mass is 10.1. The molecule has 4 aromatic rings. The van der Waals surface area contributed by atoms with Gasteiger partial charge in [-0.05, 0) is 42.8 Å². The van der Waals surface area contributed by atoms with E-state index >= 15 is 0 Å². The molecule has 7 nitrogen and oxygen atoms in total. The lowest BCUT2D eigenvalue weighted by molar-refractivity contribution is 0.203. The molecule has 0 saturated carbocycles. The molecule has 10 heteroatoms. The van der Waals surface area contributed by atoms with Crippen molar-refractivity contribution in [3.05, 3.63) is 81.9 Å². The fourth-order valence-corrected chi connectivity index (χ4v) is 3.42. The fraction of sp³-hybridized carbons (Fsp3) is 0.174. The number of aliphatic hydroxyl groups is 2. The molecular formula is C23H19F3N4O3. The monoisotopic (exact) mass is 456 g/mol. The predicted molar refractivity (Wildman–Crippen MR) is 117 cm³/mol. The molecule has 4 rings (SSSR count). The second-order valence-electron chi connectivity index (χ2n) is 7.43. The first kappa shape index (κ1) is 22.4. The molecule has 0 unspecified atom stereocenters. The molecule has 0 fully saturated rings. The minimum absolute atomic E-state index is 0.0740. The number of nitrogens with zero attached hydrogens (tertiary/aromatic N) is 3. The van der Waals surface area contributed by atoms with E-state index in [0.29, 0.717) is 11.6 Å². The van der Waals surface area contributed by atoms with Gasteiger partial charge in [-0.15, -0.1) is 0 Å². The molecule has 0 aliphatic rings. The third-order valence-corrected chi connectivity index (χ3v) is 5.05. The number of hydrogen-bond donors (Lipinski definition) is 3. The van der Waals surface area contributed by atoms with E-state index in [-0.39, 0.29) is 33.9 Å². The van der Waals surface area contributed by atoms with Crippen molar-refractivity contribution in [1.29, 1.82) is 0 Å². The van der Waals surface area contributed by atoms with Gasteiger partial charge in [0.05, 0.1) is 30.6 Å². The van der Waals surface area contributed by atoms with Crippen molar-refractivity contribution < 1.29 is 23.4 Å². The molecule has 2 aromatic heterocycles. The van der Waals surface area contributed by atoms with Crippen molar-refractivity contribution in [3.63, 3.8) is 0 Å². The Morgan fingerprint density at radius 1 is 0.970 bits per heavy atom. The summed E-state index contributed by atoms with van der Waals surface area (Å²) in [4.78, 5) is 21.4. The molecule has 2 heterocycles. The summed E-state index contributed by atoms with van der Waals surface area (Å²) in [6.07, 6.45) is 0. The van der Waals surface area contributed by atoms with Crippen LogP contribution in [0, 0.1) is 24.4 Å². The molecule has 0 aliphatic heterocycles. The van der Waals surface area contributed by atoms with Crippen molar-refractivity contribution in [2.75, 3.05) is 18.5 Å². The summed E-state index contributed by atoms with van der Waals surface area (Å²) in [5, 5.41) is 21.8. The molecule has 0 radical (unpaired) electrons. The Hall–Kier alpha value is -3.76. The van der Waals surface area contributed by atoms with Crippen LogP contribution in [0.25, 0.3) is 28.0 Å². The van der Waals surface area contributed by atoms with E-state index in [4.69, 9.17) is 0 Å². The standard InChI is InChI=1S/C23H19F3N4O3/c1-12-2-4-15(17(25)8-12)21-16-5-7-20(33)30(19-6-3-13(24)9-18(19)26)22(16)29-23(28-21)27-14(10-31)11-32/h2-9,14,31-32H,10-11H2,1H3,(H,27,28,29). The molecule has 33 heavy (non-hydrogen) atoms. The van der Waals surface area contributed by atoms with Crippen molar-refractivity contribution in [2.45, 2.75) is 13.0 Å². The van der Waals surface area contributed by atoms with Crippen LogP contribution in [0.3, 0.4) is 0 Å².